The molecule has 1 amide bonds. The van der Waals surface area contributed by atoms with Gasteiger partial charge in [0.25, 0.3) is 0 Å². The topological polar surface area (TPSA) is 46.3 Å². The summed E-state index contributed by atoms with van der Waals surface area (Å²) in [6, 6.07) is 20.6. The first-order chi connectivity index (χ1) is 13.3. The van der Waals surface area contributed by atoms with Crippen LogP contribution in [0, 0.1) is 0 Å². The lowest BCUT2D eigenvalue weighted by atomic mass is 10.0. The second-order valence-electron chi connectivity index (χ2n) is 7.06. The van der Waals surface area contributed by atoms with Crippen LogP contribution in [0.15, 0.2) is 71.3 Å². The minimum atomic E-state index is 0.202. The van der Waals surface area contributed by atoms with Crippen LogP contribution in [0.4, 0.5) is 0 Å². The lowest BCUT2D eigenvalue weighted by Gasteiger charge is -2.24. The number of benzene rings is 2. The van der Waals surface area contributed by atoms with Gasteiger partial charge in [0.05, 0.1) is 6.20 Å². The van der Waals surface area contributed by atoms with Gasteiger partial charge in [-0.2, -0.15) is 0 Å². The maximum absolute atomic E-state index is 12.8. The van der Waals surface area contributed by atoms with Crippen molar-refractivity contribution in [3.05, 3.63) is 78.3 Å². The number of nitrogens with zero attached hydrogens (tertiary/aromatic N) is 2. The van der Waals surface area contributed by atoms with E-state index in [1.54, 1.807) is 6.20 Å². The highest BCUT2D eigenvalue weighted by molar-refractivity contribution is 5.77. The van der Waals surface area contributed by atoms with Gasteiger partial charge in [0.1, 0.15) is 0 Å². The highest BCUT2D eigenvalue weighted by Gasteiger charge is 2.28. The summed E-state index contributed by atoms with van der Waals surface area (Å²) in [7, 11) is 0. The molecule has 0 saturated carbocycles. The van der Waals surface area contributed by atoms with Crippen molar-refractivity contribution in [3.63, 3.8) is 0 Å². The summed E-state index contributed by atoms with van der Waals surface area (Å²) in [5.41, 5.74) is 2.30. The Balaban J connectivity index is 1.34. The van der Waals surface area contributed by atoms with Crippen LogP contribution in [-0.4, -0.2) is 28.4 Å². The van der Waals surface area contributed by atoms with Gasteiger partial charge >= 0.3 is 0 Å². The number of aromatic nitrogens is 1. The Morgan fingerprint density at radius 2 is 1.81 bits per heavy atom. The summed E-state index contributed by atoms with van der Waals surface area (Å²) < 4.78 is 5.82. The normalized spacial score (nSPS) is 16.6. The summed E-state index contributed by atoms with van der Waals surface area (Å²) in [6.45, 7) is 0.858. The minimum absolute atomic E-state index is 0.202. The highest BCUT2D eigenvalue weighted by atomic mass is 16.4. The lowest BCUT2D eigenvalue weighted by Crippen LogP contribution is -2.36. The maximum atomic E-state index is 12.8. The molecule has 4 nitrogen and oxygen atoms in total. The third kappa shape index (κ3) is 4.27. The number of carbonyl (C=O) groups excluding carboxylic acids is 1. The Morgan fingerprint density at radius 1 is 1.07 bits per heavy atom. The smallest absolute Gasteiger partial charge is 0.223 e. The van der Waals surface area contributed by atoms with Crippen LogP contribution in [-0.2, 0) is 17.6 Å². The van der Waals surface area contributed by atoms with Gasteiger partial charge in [0, 0.05) is 31.0 Å². The van der Waals surface area contributed by atoms with Gasteiger partial charge in [-0.15, -0.1) is 0 Å². The quantitative estimate of drug-likeness (QED) is 0.650. The molecule has 2 aromatic carbocycles. The number of hydrogen-bond acceptors (Lipinski definition) is 3. The Hall–Kier alpha value is -2.88. The van der Waals surface area contributed by atoms with Crippen molar-refractivity contribution < 1.29 is 9.21 Å². The van der Waals surface area contributed by atoms with Crippen LogP contribution >= 0.6 is 0 Å². The first-order valence-corrected chi connectivity index (χ1v) is 9.63. The van der Waals surface area contributed by atoms with Gasteiger partial charge < -0.3 is 9.32 Å². The molecule has 1 aliphatic rings. The number of aryl methyl sites for hydroxylation is 1. The zero-order valence-electron chi connectivity index (χ0n) is 15.4. The number of carbonyl (C=O) groups is 1. The van der Waals surface area contributed by atoms with Gasteiger partial charge in [-0.3, -0.25) is 4.79 Å². The molecule has 27 heavy (non-hydrogen) atoms. The second-order valence-corrected chi connectivity index (χ2v) is 7.06. The Kier molecular flexibility index (Phi) is 5.33. The van der Waals surface area contributed by atoms with Crippen molar-refractivity contribution in [1.29, 1.82) is 0 Å². The SMILES string of the molecule is O=C(CCc1ncc(-c2ccccc2)o1)N1CCCC1Cc1ccccc1. The largest absolute Gasteiger partial charge is 0.441 e. The molecule has 138 valence electrons. The number of hydrogen-bond donors (Lipinski definition) is 0. The van der Waals surface area contributed by atoms with E-state index in [2.05, 4.69) is 29.2 Å². The van der Waals surface area contributed by atoms with Gasteiger partial charge in [0.2, 0.25) is 5.91 Å². The fraction of sp³-hybridized carbons (Fsp3) is 0.304. The molecule has 1 saturated heterocycles. The van der Waals surface area contributed by atoms with E-state index in [0.717, 1.165) is 37.1 Å². The van der Waals surface area contributed by atoms with Crippen LogP contribution in [0.1, 0.15) is 30.7 Å². The molecule has 0 radical (unpaired) electrons. The number of rotatable bonds is 6. The molecule has 1 fully saturated rings. The number of likely N-dealkylation sites (tertiary alicyclic amines) is 1. The Morgan fingerprint density at radius 3 is 2.59 bits per heavy atom. The van der Waals surface area contributed by atoms with Crippen LogP contribution in [0.5, 0.6) is 0 Å². The van der Waals surface area contributed by atoms with E-state index in [-0.39, 0.29) is 5.91 Å². The third-order valence-corrected chi connectivity index (χ3v) is 5.18. The van der Waals surface area contributed by atoms with Gasteiger partial charge in [0.15, 0.2) is 11.7 Å². The standard InChI is InChI=1S/C23H24N2O2/c26-23(25-15-7-12-20(25)16-18-8-3-1-4-9-18)14-13-22-24-17-21(27-22)19-10-5-2-6-11-19/h1-6,8-11,17,20H,7,12-16H2. The predicted molar refractivity (Wildman–Crippen MR) is 105 cm³/mol. The number of oxazole rings is 1. The van der Waals surface area contributed by atoms with E-state index in [0.29, 0.717) is 24.8 Å². The summed E-state index contributed by atoms with van der Waals surface area (Å²) in [4.78, 5) is 19.1. The van der Waals surface area contributed by atoms with Crippen molar-refractivity contribution in [1.82, 2.24) is 9.88 Å². The average Bonchev–Trinajstić information content (AvgIpc) is 3.37. The molecule has 0 spiro atoms. The molecule has 0 N–H and O–H groups in total. The molecule has 4 rings (SSSR count). The fourth-order valence-electron chi connectivity index (χ4n) is 3.78. The van der Waals surface area contributed by atoms with Crippen molar-refractivity contribution in [2.24, 2.45) is 0 Å². The molecular formula is C23H24N2O2. The van der Waals surface area contributed by atoms with Crippen molar-refractivity contribution in [3.8, 4) is 11.3 Å². The molecule has 2 heterocycles. The molecule has 0 bridgehead atoms. The second kappa shape index (κ2) is 8.21. The molecule has 3 aromatic rings. The summed E-state index contributed by atoms with van der Waals surface area (Å²) in [5, 5.41) is 0. The zero-order valence-corrected chi connectivity index (χ0v) is 15.4. The van der Waals surface area contributed by atoms with Crippen LogP contribution < -0.4 is 0 Å². The van der Waals surface area contributed by atoms with Gasteiger partial charge in [-0.25, -0.2) is 4.98 Å². The third-order valence-electron chi connectivity index (χ3n) is 5.18. The predicted octanol–water partition coefficient (Wildman–Crippen LogP) is 4.51. The van der Waals surface area contributed by atoms with E-state index < -0.39 is 0 Å². The summed E-state index contributed by atoms with van der Waals surface area (Å²) >= 11 is 0. The lowest BCUT2D eigenvalue weighted by molar-refractivity contribution is -0.132. The molecule has 1 aliphatic heterocycles. The maximum Gasteiger partial charge on any atom is 0.223 e. The molecular weight excluding hydrogens is 336 g/mol. The molecule has 1 atom stereocenters. The van der Waals surface area contributed by atoms with E-state index in [1.165, 1.54) is 5.56 Å². The van der Waals surface area contributed by atoms with Crippen molar-refractivity contribution >= 4 is 5.91 Å². The molecule has 1 unspecified atom stereocenters. The van der Waals surface area contributed by atoms with Crippen LogP contribution in [0.2, 0.25) is 0 Å². The highest BCUT2D eigenvalue weighted by Crippen LogP contribution is 2.24. The zero-order chi connectivity index (χ0) is 18.5. The fourth-order valence-corrected chi connectivity index (χ4v) is 3.78. The van der Waals surface area contributed by atoms with Gasteiger partial charge in [-0.05, 0) is 24.8 Å². The van der Waals surface area contributed by atoms with E-state index >= 15 is 0 Å². The van der Waals surface area contributed by atoms with E-state index in [9.17, 15) is 4.79 Å². The van der Waals surface area contributed by atoms with Crippen LogP contribution in [0.25, 0.3) is 11.3 Å². The van der Waals surface area contributed by atoms with Crippen molar-refractivity contribution in [2.75, 3.05) is 6.54 Å². The first kappa shape index (κ1) is 17.5. The molecule has 4 heteroatoms. The van der Waals surface area contributed by atoms with Crippen LogP contribution in [0.3, 0.4) is 0 Å². The molecule has 1 aromatic heterocycles. The Bertz CT molecular complexity index is 874. The number of amides is 1. The van der Waals surface area contributed by atoms with E-state index in [4.69, 9.17) is 4.42 Å². The minimum Gasteiger partial charge on any atom is -0.441 e. The van der Waals surface area contributed by atoms with Crippen molar-refractivity contribution in [2.45, 2.75) is 38.1 Å². The molecule has 0 aliphatic carbocycles. The summed E-state index contributed by atoms with van der Waals surface area (Å²) in [5.74, 6) is 1.58. The monoisotopic (exact) mass is 360 g/mol. The first-order valence-electron chi connectivity index (χ1n) is 9.63. The summed E-state index contributed by atoms with van der Waals surface area (Å²) in [6.07, 6.45) is 5.82. The van der Waals surface area contributed by atoms with E-state index in [1.807, 2.05) is 41.3 Å². The Labute approximate surface area is 159 Å². The average molecular weight is 360 g/mol. The van der Waals surface area contributed by atoms with Gasteiger partial charge in [-0.1, -0.05) is 60.7 Å².